The van der Waals surface area contributed by atoms with Gasteiger partial charge in [-0.05, 0) is 48.6 Å². The molecule has 1 amide bonds. The lowest BCUT2D eigenvalue weighted by molar-refractivity contribution is 0.0750. The van der Waals surface area contributed by atoms with Crippen LogP contribution in [0.15, 0.2) is 47.4 Å². The Bertz CT molecular complexity index is 1410. The van der Waals surface area contributed by atoms with Gasteiger partial charge in [-0.15, -0.1) is 12.4 Å². The number of rotatable bonds is 2. The van der Waals surface area contributed by atoms with Gasteiger partial charge < -0.3 is 14.6 Å². The maximum atomic E-state index is 13.4. The van der Waals surface area contributed by atoms with E-state index in [2.05, 4.69) is 22.1 Å². The van der Waals surface area contributed by atoms with Gasteiger partial charge in [0.2, 0.25) is 0 Å². The second-order valence-corrected chi connectivity index (χ2v) is 8.74. The zero-order chi connectivity index (χ0) is 21.8. The average Bonchev–Trinajstić information content (AvgIpc) is 3.45. The van der Waals surface area contributed by atoms with Crippen molar-refractivity contribution < 1.29 is 9.53 Å². The lowest BCUT2D eigenvalue weighted by Gasteiger charge is -2.22. The van der Waals surface area contributed by atoms with Gasteiger partial charge in [-0.25, -0.2) is 4.98 Å². The summed E-state index contributed by atoms with van der Waals surface area (Å²) in [6.45, 7) is 4.54. The fraction of sp³-hybridized carbons (Fsp3) is 0.320. The summed E-state index contributed by atoms with van der Waals surface area (Å²) < 4.78 is 7.48. The maximum Gasteiger partial charge on any atom is 0.274 e. The molecule has 170 valence electrons. The lowest BCUT2D eigenvalue weighted by Crippen LogP contribution is -2.26. The zero-order valence-corrected chi connectivity index (χ0v) is 19.2. The van der Waals surface area contributed by atoms with Crippen LogP contribution < -0.4 is 5.56 Å². The summed E-state index contributed by atoms with van der Waals surface area (Å²) in [5, 5.41) is 0. The molecule has 2 aliphatic rings. The van der Waals surface area contributed by atoms with Crippen LogP contribution in [0.3, 0.4) is 0 Å². The Hall–Kier alpha value is -3.16. The van der Waals surface area contributed by atoms with Crippen LogP contribution >= 0.6 is 12.4 Å². The highest BCUT2D eigenvalue weighted by molar-refractivity contribution is 6.00. The first kappa shape index (κ1) is 21.7. The summed E-state index contributed by atoms with van der Waals surface area (Å²) in [4.78, 5) is 35.8. The average molecular weight is 465 g/mol. The normalized spacial score (nSPS) is 16.2. The number of imidazole rings is 1. The molecule has 2 aromatic heterocycles. The summed E-state index contributed by atoms with van der Waals surface area (Å²) in [6.07, 6.45) is 3.43. The molecule has 33 heavy (non-hydrogen) atoms. The van der Waals surface area contributed by atoms with Gasteiger partial charge in [0.25, 0.3) is 11.5 Å². The fourth-order valence-electron chi connectivity index (χ4n) is 5.12. The number of carbonyl (C=O) groups is 1. The summed E-state index contributed by atoms with van der Waals surface area (Å²) >= 11 is 0. The first-order valence-corrected chi connectivity index (χ1v) is 11.1. The Morgan fingerprint density at radius 1 is 1.06 bits per heavy atom. The van der Waals surface area contributed by atoms with Crippen LogP contribution in [0, 0.1) is 6.92 Å². The van der Waals surface area contributed by atoms with E-state index in [0.29, 0.717) is 42.9 Å². The van der Waals surface area contributed by atoms with E-state index in [0.717, 1.165) is 29.7 Å². The Balaban J connectivity index is 0.00000228. The van der Waals surface area contributed by atoms with Crippen LogP contribution in [0.5, 0.6) is 0 Å². The number of hydrogen-bond acceptors (Lipinski definition) is 4. The number of nitrogens with one attached hydrogen (secondary N) is 1. The second kappa shape index (κ2) is 8.32. The van der Waals surface area contributed by atoms with Gasteiger partial charge in [-0.1, -0.05) is 24.3 Å². The minimum absolute atomic E-state index is 0. The monoisotopic (exact) mass is 464 g/mol. The maximum absolute atomic E-state index is 13.4. The molecule has 0 atom stereocenters. The minimum Gasteiger partial charge on any atom is -0.381 e. The second-order valence-electron chi connectivity index (χ2n) is 8.74. The Kier molecular flexibility index (Phi) is 5.46. The van der Waals surface area contributed by atoms with E-state index in [1.165, 1.54) is 11.1 Å². The van der Waals surface area contributed by atoms with Gasteiger partial charge in [-0.2, -0.15) is 0 Å². The third-order valence-corrected chi connectivity index (χ3v) is 6.89. The van der Waals surface area contributed by atoms with Crippen LogP contribution in [0.1, 0.15) is 51.6 Å². The number of benzene rings is 2. The molecule has 2 aliphatic heterocycles. The number of aromatic nitrogens is 3. The molecule has 0 spiro atoms. The molecule has 1 fully saturated rings. The first-order valence-electron chi connectivity index (χ1n) is 11.1. The SMILES string of the molecule is Cc1c(C(=O)N2Cc3ccccc3C2)ccc2c1[nH]c(=O)c1cnc(C3CCOCC3)n12.Cl. The molecule has 0 bridgehead atoms. The fourth-order valence-corrected chi connectivity index (χ4v) is 5.12. The van der Waals surface area contributed by atoms with E-state index in [9.17, 15) is 9.59 Å². The molecule has 1 N–H and O–H groups in total. The smallest absolute Gasteiger partial charge is 0.274 e. The standard InChI is InChI=1S/C25H24N4O3.ClH/c1-15-19(25(31)28-13-17-4-2-3-5-18(17)14-28)6-7-20-22(15)27-24(30)21-12-26-23(29(20)21)16-8-10-32-11-9-16;/h2-7,12,16H,8-11,13-14H2,1H3,(H,27,30);1H. The molecule has 0 aliphatic carbocycles. The number of H-pyrrole nitrogens is 1. The molecular formula is C25H25ClN4O3. The van der Waals surface area contributed by atoms with Gasteiger partial charge in [-0.3, -0.25) is 14.0 Å². The van der Waals surface area contributed by atoms with Crippen molar-refractivity contribution in [1.82, 2.24) is 19.3 Å². The van der Waals surface area contributed by atoms with Crippen molar-refractivity contribution in [1.29, 1.82) is 0 Å². The van der Waals surface area contributed by atoms with E-state index in [1.807, 2.05) is 40.5 Å². The highest BCUT2D eigenvalue weighted by Crippen LogP contribution is 2.30. The Morgan fingerprint density at radius 2 is 1.76 bits per heavy atom. The van der Waals surface area contributed by atoms with E-state index < -0.39 is 0 Å². The van der Waals surface area contributed by atoms with Gasteiger partial charge in [0.1, 0.15) is 11.3 Å². The molecule has 1 saturated heterocycles. The van der Waals surface area contributed by atoms with Crippen molar-refractivity contribution in [2.45, 2.75) is 38.8 Å². The third-order valence-electron chi connectivity index (χ3n) is 6.89. The molecule has 0 radical (unpaired) electrons. The van der Waals surface area contributed by atoms with Crippen LogP contribution in [0.4, 0.5) is 0 Å². The number of hydrogen-bond donors (Lipinski definition) is 1. The lowest BCUT2D eigenvalue weighted by atomic mass is 9.99. The molecule has 4 heterocycles. The number of aryl methyl sites for hydroxylation is 1. The van der Waals surface area contributed by atoms with Crippen LogP contribution in [-0.2, 0) is 17.8 Å². The van der Waals surface area contributed by atoms with Crippen molar-refractivity contribution in [2.24, 2.45) is 0 Å². The van der Waals surface area contributed by atoms with Crippen molar-refractivity contribution in [3.8, 4) is 0 Å². The summed E-state index contributed by atoms with van der Waals surface area (Å²) in [5.74, 6) is 1.13. The number of nitrogens with zero attached hydrogens (tertiary/aromatic N) is 3. The predicted molar refractivity (Wildman–Crippen MR) is 128 cm³/mol. The number of ether oxygens (including phenoxy) is 1. The topological polar surface area (TPSA) is 79.7 Å². The van der Waals surface area contributed by atoms with E-state index in [4.69, 9.17) is 4.74 Å². The van der Waals surface area contributed by atoms with Crippen LogP contribution in [-0.4, -0.2) is 38.4 Å². The minimum atomic E-state index is -0.190. The molecule has 0 saturated carbocycles. The van der Waals surface area contributed by atoms with E-state index in [-0.39, 0.29) is 29.8 Å². The molecule has 0 unspecified atom stereocenters. The first-order chi connectivity index (χ1) is 15.6. The molecule has 4 aromatic rings. The highest BCUT2D eigenvalue weighted by atomic mass is 35.5. The largest absolute Gasteiger partial charge is 0.381 e. The van der Waals surface area contributed by atoms with Crippen LogP contribution in [0.25, 0.3) is 16.6 Å². The number of fused-ring (bicyclic) bond motifs is 4. The quantitative estimate of drug-likeness (QED) is 0.487. The molecular weight excluding hydrogens is 440 g/mol. The van der Waals surface area contributed by atoms with Crippen molar-refractivity contribution >= 4 is 34.9 Å². The zero-order valence-electron chi connectivity index (χ0n) is 18.3. The number of halogens is 1. The highest BCUT2D eigenvalue weighted by Gasteiger charge is 2.27. The molecule has 2 aromatic carbocycles. The molecule has 8 heteroatoms. The Morgan fingerprint density at radius 3 is 2.45 bits per heavy atom. The predicted octanol–water partition coefficient (Wildman–Crippen LogP) is 3.96. The van der Waals surface area contributed by atoms with Crippen molar-refractivity contribution in [2.75, 3.05) is 13.2 Å². The Labute approximate surface area is 196 Å². The number of aromatic amines is 1. The summed E-state index contributed by atoms with van der Waals surface area (Å²) in [5.41, 5.74) is 5.69. The number of amides is 1. The van der Waals surface area contributed by atoms with Crippen molar-refractivity contribution in [3.05, 3.63) is 81.0 Å². The van der Waals surface area contributed by atoms with Crippen molar-refractivity contribution in [3.63, 3.8) is 0 Å². The van der Waals surface area contributed by atoms with E-state index in [1.54, 1.807) is 6.20 Å². The van der Waals surface area contributed by atoms with Gasteiger partial charge in [0.15, 0.2) is 0 Å². The number of carbonyl (C=O) groups excluding carboxylic acids is 1. The van der Waals surface area contributed by atoms with Gasteiger partial charge in [0.05, 0.1) is 17.2 Å². The van der Waals surface area contributed by atoms with Crippen LogP contribution in [0.2, 0.25) is 0 Å². The van der Waals surface area contributed by atoms with Gasteiger partial charge in [0, 0.05) is 37.8 Å². The van der Waals surface area contributed by atoms with E-state index >= 15 is 0 Å². The molecule has 6 rings (SSSR count). The van der Waals surface area contributed by atoms with Gasteiger partial charge >= 0.3 is 0 Å². The summed E-state index contributed by atoms with van der Waals surface area (Å²) in [7, 11) is 0. The molecule has 7 nitrogen and oxygen atoms in total. The summed E-state index contributed by atoms with van der Waals surface area (Å²) in [6, 6.07) is 12.0. The third kappa shape index (κ3) is 3.43.